The van der Waals surface area contributed by atoms with Crippen molar-refractivity contribution in [3.05, 3.63) is 42.2 Å². The third kappa shape index (κ3) is 3.12. The molecule has 0 aliphatic carbocycles. The SMILES string of the molecule is CCn1cc(N)cc1C(=O)Nc1ccc(SC)cc1. The molecule has 0 unspecified atom stereocenters. The Balaban J connectivity index is 2.15. The summed E-state index contributed by atoms with van der Waals surface area (Å²) in [5, 5.41) is 2.87. The van der Waals surface area contributed by atoms with Crippen LogP contribution in [0.5, 0.6) is 0 Å². The van der Waals surface area contributed by atoms with Crippen LogP contribution in [-0.2, 0) is 6.54 Å². The lowest BCUT2D eigenvalue weighted by Crippen LogP contribution is -2.16. The number of carbonyl (C=O) groups excluding carboxylic acids is 1. The number of nitrogen functional groups attached to an aromatic ring is 1. The summed E-state index contributed by atoms with van der Waals surface area (Å²) in [4.78, 5) is 13.3. The Morgan fingerprint density at radius 3 is 2.63 bits per heavy atom. The summed E-state index contributed by atoms with van der Waals surface area (Å²) in [5.74, 6) is -0.143. The first-order chi connectivity index (χ1) is 9.13. The number of rotatable bonds is 4. The maximum absolute atomic E-state index is 12.2. The molecule has 5 heteroatoms. The van der Waals surface area contributed by atoms with Crippen LogP contribution in [0.15, 0.2) is 41.4 Å². The normalized spacial score (nSPS) is 10.4. The molecule has 1 amide bonds. The molecule has 0 bridgehead atoms. The van der Waals surface area contributed by atoms with E-state index in [0.29, 0.717) is 17.9 Å². The minimum atomic E-state index is -0.143. The molecule has 2 rings (SSSR count). The van der Waals surface area contributed by atoms with Crippen molar-refractivity contribution in [2.24, 2.45) is 0 Å². The van der Waals surface area contributed by atoms with Crippen LogP contribution in [0.3, 0.4) is 0 Å². The Morgan fingerprint density at radius 1 is 1.37 bits per heavy atom. The maximum atomic E-state index is 12.2. The minimum Gasteiger partial charge on any atom is -0.397 e. The second-order valence-electron chi connectivity index (χ2n) is 4.13. The van der Waals surface area contributed by atoms with Crippen LogP contribution in [0.4, 0.5) is 11.4 Å². The Bertz CT molecular complexity index is 575. The average Bonchev–Trinajstić information content (AvgIpc) is 2.81. The van der Waals surface area contributed by atoms with Gasteiger partial charge in [0, 0.05) is 23.3 Å². The molecule has 1 aromatic carbocycles. The predicted octanol–water partition coefficient (Wildman–Crippen LogP) is 3.06. The van der Waals surface area contributed by atoms with Crippen molar-refractivity contribution in [2.45, 2.75) is 18.4 Å². The van der Waals surface area contributed by atoms with E-state index in [4.69, 9.17) is 5.73 Å². The number of anilines is 2. The van der Waals surface area contributed by atoms with Crippen molar-refractivity contribution in [3.63, 3.8) is 0 Å². The van der Waals surface area contributed by atoms with Gasteiger partial charge >= 0.3 is 0 Å². The maximum Gasteiger partial charge on any atom is 0.272 e. The molecule has 0 saturated heterocycles. The van der Waals surface area contributed by atoms with E-state index in [1.807, 2.05) is 42.0 Å². The molecule has 0 saturated carbocycles. The van der Waals surface area contributed by atoms with Gasteiger partial charge in [0.15, 0.2) is 0 Å². The van der Waals surface area contributed by atoms with Crippen LogP contribution in [-0.4, -0.2) is 16.7 Å². The van der Waals surface area contributed by atoms with E-state index in [1.165, 1.54) is 4.90 Å². The number of thioether (sulfide) groups is 1. The van der Waals surface area contributed by atoms with Crippen LogP contribution in [0, 0.1) is 0 Å². The van der Waals surface area contributed by atoms with Gasteiger partial charge in [-0.3, -0.25) is 4.79 Å². The van der Waals surface area contributed by atoms with Gasteiger partial charge in [-0.1, -0.05) is 0 Å². The summed E-state index contributed by atoms with van der Waals surface area (Å²) in [5.41, 5.74) is 7.68. The second-order valence-corrected chi connectivity index (χ2v) is 5.01. The van der Waals surface area contributed by atoms with E-state index < -0.39 is 0 Å². The molecule has 3 N–H and O–H groups in total. The average molecular weight is 275 g/mol. The quantitative estimate of drug-likeness (QED) is 0.843. The number of hydrogen-bond acceptors (Lipinski definition) is 3. The molecule has 4 nitrogen and oxygen atoms in total. The molecule has 0 aliphatic heterocycles. The predicted molar refractivity (Wildman–Crippen MR) is 80.7 cm³/mol. The highest BCUT2D eigenvalue weighted by Gasteiger charge is 2.12. The third-order valence-electron chi connectivity index (χ3n) is 2.84. The fraction of sp³-hybridized carbons (Fsp3) is 0.214. The number of nitrogens with one attached hydrogen (secondary N) is 1. The zero-order valence-electron chi connectivity index (χ0n) is 11.0. The van der Waals surface area contributed by atoms with Gasteiger partial charge in [0.2, 0.25) is 0 Å². The Morgan fingerprint density at radius 2 is 2.05 bits per heavy atom. The molecule has 0 aliphatic rings. The Kier molecular flexibility index (Phi) is 4.16. The molecular weight excluding hydrogens is 258 g/mol. The number of amides is 1. The lowest BCUT2D eigenvalue weighted by atomic mass is 10.3. The number of aromatic nitrogens is 1. The summed E-state index contributed by atoms with van der Waals surface area (Å²) in [7, 11) is 0. The highest BCUT2D eigenvalue weighted by atomic mass is 32.2. The molecule has 0 fully saturated rings. The number of hydrogen-bond donors (Lipinski definition) is 2. The Labute approximate surface area is 117 Å². The number of benzene rings is 1. The minimum absolute atomic E-state index is 0.143. The topological polar surface area (TPSA) is 60.0 Å². The molecule has 2 aromatic rings. The summed E-state index contributed by atoms with van der Waals surface area (Å²) in [6, 6.07) is 9.44. The summed E-state index contributed by atoms with van der Waals surface area (Å²) >= 11 is 1.67. The summed E-state index contributed by atoms with van der Waals surface area (Å²) < 4.78 is 1.83. The molecule has 0 radical (unpaired) electrons. The smallest absolute Gasteiger partial charge is 0.272 e. The summed E-state index contributed by atoms with van der Waals surface area (Å²) in [6.45, 7) is 2.69. The Hall–Kier alpha value is -1.88. The molecule has 100 valence electrons. The first kappa shape index (κ1) is 13.5. The van der Waals surface area contributed by atoms with Crippen LogP contribution >= 0.6 is 11.8 Å². The van der Waals surface area contributed by atoms with Gasteiger partial charge in [-0.25, -0.2) is 0 Å². The van der Waals surface area contributed by atoms with Gasteiger partial charge in [-0.2, -0.15) is 0 Å². The van der Waals surface area contributed by atoms with Crippen LogP contribution < -0.4 is 11.1 Å². The van der Waals surface area contributed by atoms with Crippen molar-refractivity contribution in [1.29, 1.82) is 0 Å². The van der Waals surface area contributed by atoms with E-state index in [-0.39, 0.29) is 5.91 Å². The zero-order chi connectivity index (χ0) is 13.8. The van der Waals surface area contributed by atoms with Gasteiger partial charge in [0.1, 0.15) is 5.69 Å². The van der Waals surface area contributed by atoms with Gasteiger partial charge in [0.05, 0.1) is 5.69 Å². The van der Waals surface area contributed by atoms with Gasteiger partial charge in [0.25, 0.3) is 5.91 Å². The van der Waals surface area contributed by atoms with Crippen LogP contribution in [0.25, 0.3) is 0 Å². The van der Waals surface area contributed by atoms with Crippen molar-refractivity contribution in [3.8, 4) is 0 Å². The van der Waals surface area contributed by atoms with Crippen molar-refractivity contribution in [2.75, 3.05) is 17.3 Å². The van der Waals surface area contributed by atoms with E-state index in [9.17, 15) is 4.79 Å². The van der Waals surface area contributed by atoms with E-state index >= 15 is 0 Å². The fourth-order valence-corrected chi connectivity index (χ4v) is 2.26. The highest BCUT2D eigenvalue weighted by molar-refractivity contribution is 7.98. The molecule has 1 aromatic heterocycles. The molecule has 0 atom stereocenters. The first-order valence-corrected chi connectivity index (χ1v) is 7.27. The monoisotopic (exact) mass is 275 g/mol. The van der Waals surface area contributed by atoms with Crippen molar-refractivity contribution < 1.29 is 4.79 Å². The van der Waals surface area contributed by atoms with Crippen molar-refractivity contribution >= 4 is 29.0 Å². The van der Waals surface area contributed by atoms with Gasteiger partial charge in [-0.15, -0.1) is 11.8 Å². The standard InChI is InChI=1S/C14H17N3OS/c1-3-17-9-10(15)8-13(17)14(18)16-11-4-6-12(19-2)7-5-11/h4-9H,3,15H2,1-2H3,(H,16,18). The number of nitrogens with two attached hydrogens (primary N) is 1. The summed E-state index contributed by atoms with van der Waals surface area (Å²) in [6.07, 6.45) is 3.79. The lowest BCUT2D eigenvalue weighted by molar-refractivity contribution is 0.101. The van der Waals surface area contributed by atoms with Crippen LogP contribution in [0.2, 0.25) is 0 Å². The van der Waals surface area contributed by atoms with Gasteiger partial charge in [-0.05, 0) is 43.5 Å². The molecular formula is C14H17N3OS. The van der Waals surface area contributed by atoms with Gasteiger partial charge < -0.3 is 15.6 Å². The molecule has 0 spiro atoms. The number of carbonyl (C=O) groups is 1. The molecule has 19 heavy (non-hydrogen) atoms. The largest absolute Gasteiger partial charge is 0.397 e. The fourth-order valence-electron chi connectivity index (χ4n) is 1.85. The second kappa shape index (κ2) is 5.84. The lowest BCUT2D eigenvalue weighted by Gasteiger charge is -2.08. The van der Waals surface area contributed by atoms with E-state index in [0.717, 1.165) is 5.69 Å². The number of nitrogens with zero attached hydrogens (tertiary/aromatic N) is 1. The zero-order valence-corrected chi connectivity index (χ0v) is 11.8. The van der Waals surface area contributed by atoms with E-state index in [2.05, 4.69) is 5.32 Å². The third-order valence-corrected chi connectivity index (χ3v) is 3.58. The number of aryl methyl sites for hydroxylation is 1. The van der Waals surface area contributed by atoms with Crippen molar-refractivity contribution in [1.82, 2.24) is 4.57 Å². The highest BCUT2D eigenvalue weighted by Crippen LogP contribution is 2.18. The van der Waals surface area contributed by atoms with Crippen LogP contribution in [0.1, 0.15) is 17.4 Å². The van der Waals surface area contributed by atoms with E-state index in [1.54, 1.807) is 24.0 Å². The molecule has 1 heterocycles. The first-order valence-electron chi connectivity index (χ1n) is 6.05.